The Hall–Kier alpha value is -2.96. The molecule has 7 nitrogen and oxygen atoms in total. The summed E-state index contributed by atoms with van der Waals surface area (Å²) in [5, 5.41) is 5.61. The lowest BCUT2D eigenvalue weighted by Crippen LogP contribution is -2.06. The highest BCUT2D eigenvalue weighted by atomic mass is 15.3. The second-order valence-corrected chi connectivity index (χ2v) is 5.46. The molecule has 4 heterocycles. The predicted octanol–water partition coefficient (Wildman–Crippen LogP) is 2.42. The van der Waals surface area contributed by atoms with Crippen LogP contribution in [0.25, 0.3) is 22.4 Å². The molecule has 0 fully saturated rings. The van der Waals surface area contributed by atoms with E-state index in [1.807, 2.05) is 42.5 Å². The van der Waals surface area contributed by atoms with Crippen molar-refractivity contribution >= 4 is 11.0 Å². The number of rotatable bonds is 5. The fraction of sp³-hybridized carbons (Fsp3) is 0.250. The molecule has 0 spiro atoms. The molecule has 0 radical (unpaired) electrons. The highest BCUT2D eigenvalue weighted by Crippen LogP contribution is 2.25. The van der Waals surface area contributed by atoms with Gasteiger partial charge in [0.05, 0.1) is 6.33 Å². The summed E-state index contributed by atoms with van der Waals surface area (Å²) < 4.78 is 4.05. The van der Waals surface area contributed by atoms with Crippen LogP contribution in [0.4, 0.5) is 0 Å². The van der Waals surface area contributed by atoms with Crippen molar-refractivity contribution in [2.24, 2.45) is 0 Å². The van der Waals surface area contributed by atoms with Gasteiger partial charge in [-0.05, 0) is 25.5 Å². The summed E-state index contributed by atoms with van der Waals surface area (Å²) >= 11 is 0. The van der Waals surface area contributed by atoms with Gasteiger partial charge in [-0.2, -0.15) is 5.10 Å². The first kappa shape index (κ1) is 13.7. The molecule has 23 heavy (non-hydrogen) atoms. The van der Waals surface area contributed by atoms with Gasteiger partial charge >= 0.3 is 0 Å². The number of pyridine rings is 1. The van der Waals surface area contributed by atoms with Crippen molar-refractivity contribution in [3.8, 4) is 11.4 Å². The molecule has 0 atom stereocenters. The van der Waals surface area contributed by atoms with E-state index in [2.05, 4.69) is 29.6 Å². The minimum atomic E-state index is 0.781. The number of aryl methyl sites for hydroxylation is 3. The zero-order valence-corrected chi connectivity index (χ0v) is 12.8. The van der Waals surface area contributed by atoms with Crippen LogP contribution in [-0.2, 0) is 13.1 Å². The van der Waals surface area contributed by atoms with E-state index < -0.39 is 0 Å². The van der Waals surface area contributed by atoms with E-state index >= 15 is 0 Å². The van der Waals surface area contributed by atoms with E-state index in [1.54, 1.807) is 12.4 Å². The van der Waals surface area contributed by atoms with Crippen LogP contribution in [0.2, 0.25) is 0 Å². The summed E-state index contributed by atoms with van der Waals surface area (Å²) in [6, 6.07) is 4.02. The molecule has 0 bridgehead atoms. The summed E-state index contributed by atoms with van der Waals surface area (Å²) in [5.41, 5.74) is 1.92. The van der Waals surface area contributed by atoms with Gasteiger partial charge in [-0.25, -0.2) is 19.6 Å². The smallest absolute Gasteiger partial charge is 0.159 e. The molecule has 116 valence electrons. The van der Waals surface area contributed by atoms with Crippen LogP contribution >= 0.6 is 0 Å². The average molecular weight is 307 g/mol. The summed E-state index contributed by atoms with van der Waals surface area (Å²) in [7, 11) is 0. The van der Waals surface area contributed by atoms with Gasteiger partial charge in [0.1, 0.15) is 11.5 Å². The third-order valence-corrected chi connectivity index (χ3v) is 3.82. The first-order valence-electron chi connectivity index (χ1n) is 7.61. The van der Waals surface area contributed by atoms with Gasteiger partial charge in [-0.15, -0.1) is 0 Å². The van der Waals surface area contributed by atoms with Crippen LogP contribution < -0.4 is 0 Å². The van der Waals surface area contributed by atoms with Crippen LogP contribution in [0.1, 0.15) is 12.2 Å². The highest BCUT2D eigenvalue weighted by molar-refractivity contribution is 5.90. The number of nitrogens with one attached hydrogen (secondary N) is 1. The largest absolute Gasteiger partial charge is 0.346 e. The molecule has 7 heteroatoms. The molecule has 0 aliphatic carbocycles. The van der Waals surface area contributed by atoms with Gasteiger partial charge in [-0.3, -0.25) is 0 Å². The second kappa shape index (κ2) is 5.68. The standard InChI is InChI=1S/C16H17N7/c1-12-20-16(14-4-6-19-15-13(14)3-5-18-15)23(21-12)9-2-8-22-10-7-17-11-22/h3-7,10-11H,2,8-9H2,1H3,(H,18,19). The Balaban J connectivity index is 1.63. The van der Waals surface area contributed by atoms with E-state index in [1.165, 1.54) is 0 Å². The number of hydrogen-bond acceptors (Lipinski definition) is 4. The van der Waals surface area contributed by atoms with E-state index in [0.29, 0.717) is 0 Å². The summed E-state index contributed by atoms with van der Waals surface area (Å²) in [6.45, 7) is 3.64. The number of nitrogens with zero attached hydrogens (tertiary/aromatic N) is 6. The molecular formula is C16H17N7. The first-order chi connectivity index (χ1) is 11.3. The molecule has 0 saturated carbocycles. The Bertz CT molecular complexity index is 917. The lowest BCUT2D eigenvalue weighted by Gasteiger charge is -2.07. The molecular weight excluding hydrogens is 290 g/mol. The van der Waals surface area contributed by atoms with Crippen molar-refractivity contribution in [3.05, 3.63) is 49.1 Å². The van der Waals surface area contributed by atoms with Gasteiger partial charge in [0.25, 0.3) is 0 Å². The third kappa shape index (κ3) is 2.61. The van der Waals surface area contributed by atoms with Crippen molar-refractivity contribution in [2.75, 3.05) is 0 Å². The number of hydrogen-bond donors (Lipinski definition) is 1. The Kier molecular flexibility index (Phi) is 3.38. The van der Waals surface area contributed by atoms with Gasteiger partial charge in [0.2, 0.25) is 0 Å². The molecule has 4 rings (SSSR count). The number of aromatic amines is 1. The number of H-pyrrole nitrogens is 1. The minimum Gasteiger partial charge on any atom is -0.346 e. The van der Waals surface area contributed by atoms with Crippen molar-refractivity contribution in [1.29, 1.82) is 0 Å². The van der Waals surface area contributed by atoms with E-state index in [9.17, 15) is 0 Å². The fourth-order valence-electron chi connectivity index (χ4n) is 2.79. The zero-order valence-electron chi connectivity index (χ0n) is 12.8. The van der Waals surface area contributed by atoms with Gasteiger partial charge < -0.3 is 9.55 Å². The fourth-order valence-corrected chi connectivity index (χ4v) is 2.79. The van der Waals surface area contributed by atoms with Crippen molar-refractivity contribution in [2.45, 2.75) is 26.4 Å². The third-order valence-electron chi connectivity index (χ3n) is 3.82. The Morgan fingerprint density at radius 2 is 2.13 bits per heavy atom. The van der Waals surface area contributed by atoms with Crippen molar-refractivity contribution < 1.29 is 0 Å². The lowest BCUT2D eigenvalue weighted by molar-refractivity contribution is 0.528. The lowest BCUT2D eigenvalue weighted by atomic mass is 10.2. The molecule has 0 aliphatic heterocycles. The molecule has 1 N–H and O–H groups in total. The Morgan fingerprint density at radius 3 is 3.00 bits per heavy atom. The Labute approximate surface area is 133 Å². The zero-order chi connectivity index (χ0) is 15.6. The predicted molar refractivity (Wildman–Crippen MR) is 86.7 cm³/mol. The molecule has 0 aliphatic rings. The molecule has 0 saturated heterocycles. The molecule has 4 aromatic rings. The van der Waals surface area contributed by atoms with Gasteiger partial charge in [-0.1, -0.05) is 0 Å². The first-order valence-corrected chi connectivity index (χ1v) is 7.61. The normalized spacial score (nSPS) is 11.3. The minimum absolute atomic E-state index is 0.781. The van der Waals surface area contributed by atoms with E-state index in [4.69, 9.17) is 0 Å². The molecule has 0 unspecified atom stereocenters. The summed E-state index contributed by atoms with van der Waals surface area (Å²) in [4.78, 5) is 16.2. The topological polar surface area (TPSA) is 77.2 Å². The quantitative estimate of drug-likeness (QED) is 0.614. The maximum Gasteiger partial charge on any atom is 0.159 e. The highest BCUT2D eigenvalue weighted by Gasteiger charge is 2.13. The van der Waals surface area contributed by atoms with Crippen LogP contribution in [-0.4, -0.2) is 34.3 Å². The second-order valence-electron chi connectivity index (χ2n) is 5.46. The van der Waals surface area contributed by atoms with Crippen LogP contribution in [0.3, 0.4) is 0 Å². The van der Waals surface area contributed by atoms with E-state index in [-0.39, 0.29) is 0 Å². The van der Waals surface area contributed by atoms with Crippen LogP contribution in [0, 0.1) is 6.92 Å². The maximum atomic E-state index is 4.62. The average Bonchev–Trinajstić information content (AvgIpc) is 3.27. The number of fused-ring (bicyclic) bond motifs is 1. The summed E-state index contributed by atoms with van der Waals surface area (Å²) in [6.07, 6.45) is 10.3. The number of aromatic nitrogens is 7. The van der Waals surface area contributed by atoms with E-state index in [0.717, 1.165) is 47.8 Å². The van der Waals surface area contributed by atoms with Gasteiger partial charge in [0.15, 0.2) is 5.82 Å². The maximum absolute atomic E-state index is 4.62. The molecule has 0 aromatic carbocycles. The molecule has 0 amide bonds. The summed E-state index contributed by atoms with van der Waals surface area (Å²) in [5.74, 6) is 1.67. The Morgan fingerprint density at radius 1 is 1.17 bits per heavy atom. The monoisotopic (exact) mass is 307 g/mol. The number of imidazole rings is 1. The SMILES string of the molecule is Cc1nc(-c2ccnc3[nH]ccc23)n(CCCn2ccnc2)n1. The van der Waals surface area contributed by atoms with Crippen molar-refractivity contribution in [1.82, 2.24) is 34.3 Å². The van der Waals surface area contributed by atoms with Crippen LogP contribution in [0.15, 0.2) is 43.2 Å². The van der Waals surface area contributed by atoms with Crippen LogP contribution in [0.5, 0.6) is 0 Å². The molecule has 4 aromatic heterocycles. The van der Waals surface area contributed by atoms with Gasteiger partial charge in [0, 0.05) is 48.8 Å². The van der Waals surface area contributed by atoms with Crippen molar-refractivity contribution in [3.63, 3.8) is 0 Å².